The minimum absolute atomic E-state index is 0.760. The number of rotatable bonds is 0. The second kappa shape index (κ2) is 2.69. The first-order chi connectivity index (χ1) is 5.27. The van der Waals surface area contributed by atoms with Crippen molar-refractivity contribution in [3.8, 4) is 0 Å². The third-order valence-corrected chi connectivity index (χ3v) is 2.68. The summed E-state index contributed by atoms with van der Waals surface area (Å²) in [7, 11) is 0. The minimum atomic E-state index is 0.760. The van der Waals surface area contributed by atoms with E-state index in [4.69, 9.17) is 23.2 Å². The lowest BCUT2D eigenvalue weighted by molar-refractivity contribution is 0.912. The molecule has 1 aromatic rings. The molecule has 1 aromatic carbocycles. The summed E-state index contributed by atoms with van der Waals surface area (Å²) >= 11 is 11.8. The van der Waals surface area contributed by atoms with Crippen molar-refractivity contribution in [1.29, 1.82) is 0 Å². The van der Waals surface area contributed by atoms with E-state index in [1.807, 2.05) is 12.1 Å². The van der Waals surface area contributed by atoms with E-state index >= 15 is 0 Å². The molecule has 0 unspecified atom stereocenters. The minimum Gasteiger partial charge on any atom is -0.0843 e. The molecule has 1 aliphatic rings. The van der Waals surface area contributed by atoms with Gasteiger partial charge in [0.05, 0.1) is 0 Å². The SMILES string of the molecule is Clc1cc(Cl)c2c(c1)CCC2. The van der Waals surface area contributed by atoms with Gasteiger partial charge in [-0.3, -0.25) is 0 Å². The molecule has 0 bridgehead atoms. The topological polar surface area (TPSA) is 0 Å². The van der Waals surface area contributed by atoms with Crippen molar-refractivity contribution in [2.45, 2.75) is 19.3 Å². The number of fused-ring (bicyclic) bond motifs is 1. The van der Waals surface area contributed by atoms with Crippen LogP contribution in [0, 0.1) is 0 Å². The Morgan fingerprint density at radius 2 is 1.91 bits per heavy atom. The molecule has 0 aliphatic heterocycles. The van der Waals surface area contributed by atoms with Crippen molar-refractivity contribution in [2.75, 3.05) is 0 Å². The van der Waals surface area contributed by atoms with Gasteiger partial charge in [-0.05, 0) is 42.5 Å². The first-order valence-corrected chi connectivity index (χ1v) is 4.50. The summed E-state index contributed by atoms with van der Waals surface area (Å²) in [6.45, 7) is 0. The second-order valence-electron chi connectivity index (χ2n) is 2.88. The van der Waals surface area contributed by atoms with Gasteiger partial charge in [-0.2, -0.15) is 0 Å². The van der Waals surface area contributed by atoms with E-state index in [1.165, 1.54) is 17.5 Å². The quantitative estimate of drug-likeness (QED) is 0.583. The molecular weight excluding hydrogens is 179 g/mol. The van der Waals surface area contributed by atoms with E-state index in [2.05, 4.69) is 0 Å². The Hall–Kier alpha value is -0.200. The smallest absolute Gasteiger partial charge is 0.0455 e. The van der Waals surface area contributed by atoms with E-state index in [0.29, 0.717) is 0 Å². The second-order valence-corrected chi connectivity index (χ2v) is 3.72. The van der Waals surface area contributed by atoms with Gasteiger partial charge < -0.3 is 0 Å². The number of hydrogen-bond donors (Lipinski definition) is 0. The lowest BCUT2D eigenvalue weighted by atomic mass is 10.1. The molecule has 0 heterocycles. The van der Waals surface area contributed by atoms with Crippen molar-refractivity contribution in [3.05, 3.63) is 33.3 Å². The highest BCUT2D eigenvalue weighted by Gasteiger charge is 2.14. The molecule has 0 aromatic heterocycles. The van der Waals surface area contributed by atoms with Gasteiger partial charge in [-0.25, -0.2) is 0 Å². The summed E-state index contributed by atoms with van der Waals surface area (Å²) in [5.74, 6) is 0. The monoisotopic (exact) mass is 186 g/mol. The first-order valence-electron chi connectivity index (χ1n) is 3.74. The van der Waals surface area contributed by atoms with Gasteiger partial charge in [-0.1, -0.05) is 23.2 Å². The van der Waals surface area contributed by atoms with Crippen LogP contribution in [0.15, 0.2) is 12.1 Å². The summed E-state index contributed by atoms with van der Waals surface area (Å²) in [5, 5.41) is 1.60. The fourth-order valence-corrected chi connectivity index (χ4v) is 2.25. The Kier molecular flexibility index (Phi) is 1.82. The average Bonchev–Trinajstić information content (AvgIpc) is 2.34. The number of halogens is 2. The molecule has 58 valence electrons. The van der Waals surface area contributed by atoms with Crippen LogP contribution in [0.4, 0.5) is 0 Å². The number of benzene rings is 1. The standard InChI is InChI=1S/C9H8Cl2/c10-7-4-6-2-1-3-8(6)9(11)5-7/h4-5H,1-3H2. The summed E-state index contributed by atoms with van der Waals surface area (Å²) in [5.41, 5.74) is 2.64. The van der Waals surface area contributed by atoms with Crippen molar-refractivity contribution in [1.82, 2.24) is 0 Å². The van der Waals surface area contributed by atoms with Crippen LogP contribution in [0.1, 0.15) is 17.5 Å². The fourth-order valence-electron chi connectivity index (χ4n) is 1.62. The maximum Gasteiger partial charge on any atom is 0.0455 e. The Morgan fingerprint density at radius 1 is 1.09 bits per heavy atom. The molecule has 0 saturated carbocycles. The third-order valence-electron chi connectivity index (χ3n) is 2.13. The molecule has 0 saturated heterocycles. The predicted molar refractivity (Wildman–Crippen MR) is 48.5 cm³/mol. The van der Waals surface area contributed by atoms with E-state index in [0.717, 1.165) is 22.9 Å². The molecule has 0 amide bonds. The largest absolute Gasteiger partial charge is 0.0843 e. The predicted octanol–water partition coefficient (Wildman–Crippen LogP) is 3.48. The molecule has 0 fully saturated rings. The molecule has 2 rings (SSSR count). The highest BCUT2D eigenvalue weighted by Crippen LogP contribution is 2.31. The van der Waals surface area contributed by atoms with Crippen LogP contribution in [0.5, 0.6) is 0 Å². The Morgan fingerprint density at radius 3 is 2.73 bits per heavy atom. The van der Waals surface area contributed by atoms with Gasteiger partial charge in [-0.15, -0.1) is 0 Å². The maximum absolute atomic E-state index is 5.99. The van der Waals surface area contributed by atoms with Crippen LogP contribution < -0.4 is 0 Å². The van der Waals surface area contributed by atoms with Gasteiger partial charge >= 0.3 is 0 Å². The van der Waals surface area contributed by atoms with E-state index in [-0.39, 0.29) is 0 Å². The number of aryl methyl sites for hydroxylation is 1. The molecule has 0 spiro atoms. The Bertz CT molecular complexity index is 292. The summed E-state index contributed by atoms with van der Waals surface area (Å²) < 4.78 is 0. The zero-order chi connectivity index (χ0) is 7.84. The van der Waals surface area contributed by atoms with E-state index in [9.17, 15) is 0 Å². The van der Waals surface area contributed by atoms with Crippen molar-refractivity contribution >= 4 is 23.2 Å². The van der Waals surface area contributed by atoms with Gasteiger partial charge in [0.2, 0.25) is 0 Å². The van der Waals surface area contributed by atoms with Crippen molar-refractivity contribution in [3.63, 3.8) is 0 Å². The van der Waals surface area contributed by atoms with E-state index in [1.54, 1.807) is 0 Å². The molecule has 0 radical (unpaired) electrons. The third kappa shape index (κ3) is 1.25. The molecule has 2 heteroatoms. The molecule has 0 atom stereocenters. The lowest BCUT2D eigenvalue weighted by Gasteiger charge is -2.01. The average molecular weight is 187 g/mol. The highest BCUT2D eigenvalue weighted by atomic mass is 35.5. The van der Waals surface area contributed by atoms with Crippen molar-refractivity contribution in [2.24, 2.45) is 0 Å². The molecular formula is C9H8Cl2. The lowest BCUT2D eigenvalue weighted by Crippen LogP contribution is -1.82. The fraction of sp³-hybridized carbons (Fsp3) is 0.333. The van der Waals surface area contributed by atoms with Gasteiger partial charge in [0.1, 0.15) is 0 Å². The number of hydrogen-bond acceptors (Lipinski definition) is 0. The molecule has 0 N–H and O–H groups in total. The van der Waals surface area contributed by atoms with Crippen LogP contribution in [0.3, 0.4) is 0 Å². The summed E-state index contributed by atoms with van der Waals surface area (Å²) in [6, 6.07) is 3.85. The Labute approximate surface area is 76.1 Å². The van der Waals surface area contributed by atoms with Crippen LogP contribution >= 0.6 is 23.2 Å². The van der Waals surface area contributed by atoms with Crippen LogP contribution in [-0.2, 0) is 12.8 Å². The zero-order valence-electron chi connectivity index (χ0n) is 6.03. The maximum atomic E-state index is 5.99. The molecule has 11 heavy (non-hydrogen) atoms. The van der Waals surface area contributed by atoms with Crippen molar-refractivity contribution < 1.29 is 0 Å². The molecule has 0 nitrogen and oxygen atoms in total. The zero-order valence-corrected chi connectivity index (χ0v) is 7.54. The van der Waals surface area contributed by atoms with Gasteiger partial charge in [0, 0.05) is 10.0 Å². The summed E-state index contributed by atoms with van der Waals surface area (Å²) in [4.78, 5) is 0. The van der Waals surface area contributed by atoms with Crippen LogP contribution in [-0.4, -0.2) is 0 Å². The Balaban J connectivity index is 2.60. The van der Waals surface area contributed by atoms with Crippen LogP contribution in [0.25, 0.3) is 0 Å². The van der Waals surface area contributed by atoms with Gasteiger partial charge in [0.15, 0.2) is 0 Å². The normalized spacial score (nSPS) is 15.1. The van der Waals surface area contributed by atoms with Gasteiger partial charge in [0.25, 0.3) is 0 Å². The molecule has 1 aliphatic carbocycles. The summed E-state index contributed by atoms with van der Waals surface area (Å²) in [6.07, 6.45) is 3.47. The first kappa shape index (κ1) is 7.45. The van der Waals surface area contributed by atoms with Crippen LogP contribution in [0.2, 0.25) is 10.0 Å². The highest BCUT2D eigenvalue weighted by molar-refractivity contribution is 6.35. The van der Waals surface area contributed by atoms with E-state index < -0.39 is 0 Å².